The number of nitrogens with one attached hydrogen (secondary N) is 2. The number of rotatable bonds is 10. The average molecular weight is 431 g/mol. The summed E-state index contributed by atoms with van der Waals surface area (Å²) in [5.74, 6) is -1.27. The summed E-state index contributed by atoms with van der Waals surface area (Å²) < 4.78 is 5.14. The highest BCUT2D eigenvalue weighted by Crippen LogP contribution is 2.11. The van der Waals surface area contributed by atoms with E-state index in [9.17, 15) is 14.4 Å². The Kier molecular flexibility index (Phi) is 9.35. The van der Waals surface area contributed by atoms with Crippen LogP contribution in [0.25, 0.3) is 0 Å². The predicted molar refractivity (Wildman–Crippen MR) is 116 cm³/mol. The van der Waals surface area contributed by atoms with Gasteiger partial charge < -0.3 is 15.4 Å². The predicted octanol–water partition coefficient (Wildman–Crippen LogP) is 3.39. The molecule has 0 spiro atoms. The zero-order valence-electron chi connectivity index (χ0n) is 17.2. The quantitative estimate of drug-likeness (QED) is 0.566. The first kappa shape index (κ1) is 23.4. The minimum atomic E-state index is -0.842. The molecule has 2 rings (SSSR count). The van der Waals surface area contributed by atoms with Crippen molar-refractivity contribution in [3.8, 4) is 0 Å². The van der Waals surface area contributed by atoms with E-state index in [1.54, 1.807) is 24.3 Å². The molecule has 0 aliphatic carbocycles. The summed E-state index contributed by atoms with van der Waals surface area (Å²) in [7, 11) is 0. The Morgan fingerprint density at radius 3 is 2.30 bits per heavy atom. The molecule has 7 heteroatoms. The lowest BCUT2D eigenvalue weighted by Gasteiger charge is -2.19. The fraction of sp³-hybridized carbons (Fsp3) is 0.348. The van der Waals surface area contributed by atoms with Crippen LogP contribution in [0.5, 0.6) is 0 Å². The summed E-state index contributed by atoms with van der Waals surface area (Å²) in [6, 6.07) is 15.3. The first-order chi connectivity index (χ1) is 14.3. The second-order valence-corrected chi connectivity index (χ2v) is 7.79. The zero-order chi connectivity index (χ0) is 21.9. The van der Waals surface area contributed by atoms with Crippen LogP contribution in [-0.4, -0.2) is 37.0 Å². The van der Waals surface area contributed by atoms with Gasteiger partial charge in [0.1, 0.15) is 6.04 Å². The van der Waals surface area contributed by atoms with Crippen LogP contribution in [0, 0.1) is 5.92 Å². The van der Waals surface area contributed by atoms with Gasteiger partial charge in [0, 0.05) is 17.1 Å². The molecule has 0 radical (unpaired) electrons. The van der Waals surface area contributed by atoms with E-state index >= 15 is 0 Å². The van der Waals surface area contributed by atoms with E-state index in [4.69, 9.17) is 16.3 Å². The minimum absolute atomic E-state index is 0.146. The van der Waals surface area contributed by atoms with E-state index in [0.29, 0.717) is 30.0 Å². The first-order valence-corrected chi connectivity index (χ1v) is 10.3. The van der Waals surface area contributed by atoms with Gasteiger partial charge in [-0.15, -0.1) is 0 Å². The van der Waals surface area contributed by atoms with Crippen molar-refractivity contribution in [2.45, 2.75) is 32.7 Å². The lowest BCUT2D eigenvalue weighted by Crippen LogP contribution is -2.43. The molecule has 2 aromatic rings. The van der Waals surface area contributed by atoms with E-state index in [0.717, 1.165) is 5.56 Å². The standard InChI is InChI=1S/C23H27ClN2O4/c1-16(2)14-20(26-22(28)18-8-10-19(24)11-9-18)23(29)30-15-21(27)25-13-12-17-6-4-3-5-7-17/h3-11,16,20H,12-15H2,1-2H3,(H,25,27)(H,26,28)/t20-/m1/s1. The largest absolute Gasteiger partial charge is 0.454 e. The fourth-order valence-corrected chi connectivity index (χ4v) is 2.93. The molecule has 0 unspecified atom stereocenters. The molecule has 2 amide bonds. The van der Waals surface area contributed by atoms with Crippen molar-refractivity contribution in [2.75, 3.05) is 13.2 Å². The highest BCUT2D eigenvalue weighted by Gasteiger charge is 2.24. The van der Waals surface area contributed by atoms with Crippen LogP contribution in [0.3, 0.4) is 0 Å². The third-order valence-electron chi connectivity index (χ3n) is 4.33. The summed E-state index contributed by atoms with van der Waals surface area (Å²) in [6.07, 6.45) is 1.08. The Labute approximate surface area is 182 Å². The molecule has 0 aliphatic heterocycles. The van der Waals surface area contributed by atoms with Crippen molar-refractivity contribution in [1.82, 2.24) is 10.6 Å². The van der Waals surface area contributed by atoms with E-state index in [2.05, 4.69) is 10.6 Å². The second-order valence-electron chi connectivity index (χ2n) is 7.36. The molecule has 6 nitrogen and oxygen atoms in total. The SMILES string of the molecule is CC(C)C[C@@H](NC(=O)c1ccc(Cl)cc1)C(=O)OCC(=O)NCCc1ccccc1. The normalized spacial score (nSPS) is 11.6. The molecular weight excluding hydrogens is 404 g/mol. The minimum Gasteiger partial charge on any atom is -0.454 e. The molecule has 0 saturated heterocycles. The second kappa shape index (κ2) is 12.0. The van der Waals surface area contributed by atoms with Crippen molar-refractivity contribution in [3.63, 3.8) is 0 Å². The van der Waals surface area contributed by atoms with Gasteiger partial charge in [0.15, 0.2) is 6.61 Å². The van der Waals surface area contributed by atoms with Crippen molar-refractivity contribution in [1.29, 1.82) is 0 Å². The van der Waals surface area contributed by atoms with Crippen LogP contribution in [0.15, 0.2) is 54.6 Å². The van der Waals surface area contributed by atoms with Crippen LogP contribution in [-0.2, 0) is 20.7 Å². The Morgan fingerprint density at radius 2 is 1.67 bits per heavy atom. The molecule has 2 N–H and O–H groups in total. The molecule has 30 heavy (non-hydrogen) atoms. The Balaban J connectivity index is 1.82. The Hall–Kier alpha value is -2.86. The van der Waals surface area contributed by atoms with Gasteiger partial charge in [-0.3, -0.25) is 9.59 Å². The van der Waals surface area contributed by atoms with Gasteiger partial charge in [0.05, 0.1) is 0 Å². The van der Waals surface area contributed by atoms with Crippen molar-refractivity contribution >= 4 is 29.4 Å². The smallest absolute Gasteiger partial charge is 0.329 e. The van der Waals surface area contributed by atoms with Crippen LogP contribution in [0.1, 0.15) is 36.2 Å². The van der Waals surface area contributed by atoms with Crippen LogP contribution in [0.4, 0.5) is 0 Å². The summed E-state index contributed by atoms with van der Waals surface area (Å²) in [6.45, 7) is 3.93. The molecule has 0 aromatic heterocycles. The molecule has 0 saturated carbocycles. The number of amides is 2. The topological polar surface area (TPSA) is 84.5 Å². The van der Waals surface area contributed by atoms with Gasteiger partial charge in [-0.05, 0) is 48.6 Å². The molecule has 0 bridgehead atoms. The molecule has 160 valence electrons. The number of carbonyl (C=O) groups excluding carboxylic acids is 3. The fourth-order valence-electron chi connectivity index (χ4n) is 2.81. The lowest BCUT2D eigenvalue weighted by atomic mass is 10.0. The molecule has 0 fully saturated rings. The highest BCUT2D eigenvalue weighted by atomic mass is 35.5. The van der Waals surface area contributed by atoms with E-state index in [-0.39, 0.29) is 18.4 Å². The number of esters is 1. The lowest BCUT2D eigenvalue weighted by molar-refractivity contribution is -0.150. The van der Waals surface area contributed by atoms with Gasteiger partial charge in [-0.1, -0.05) is 55.8 Å². The van der Waals surface area contributed by atoms with Crippen molar-refractivity contribution < 1.29 is 19.1 Å². The third-order valence-corrected chi connectivity index (χ3v) is 4.58. The molecule has 0 heterocycles. The number of hydrogen-bond acceptors (Lipinski definition) is 4. The average Bonchev–Trinajstić information content (AvgIpc) is 2.72. The maximum absolute atomic E-state index is 12.5. The Bertz CT molecular complexity index is 838. The van der Waals surface area contributed by atoms with Crippen molar-refractivity contribution in [3.05, 3.63) is 70.7 Å². The third kappa shape index (κ3) is 8.25. The molecular formula is C23H27ClN2O4. The number of benzene rings is 2. The van der Waals surface area contributed by atoms with Crippen LogP contribution >= 0.6 is 11.6 Å². The molecule has 1 atom stereocenters. The summed E-state index contributed by atoms with van der Waals surface area (Å²) in [5.41, 5.74) is 1.50. The number of halogens is 1. The number of carbonyl (C=O) groups is 3. The van der Waals surface area contributed by atoms with Gasteiger partial charge in [0.25, 0.3) is 11.8 Å². The first-order valence-electron chi connectivity index (χ1n) is 9.89. The Morgan fingerprint density at radius 1 is 1.00 bits per heavy atom. The van der Waals surface area contributed by atoms with Gasteiger partial charge in [-0.25, -0.2) is 4.79 Å². The summed E-state index contributed by atoms with van der Waals surface area (Å²) in [5, 5.41) is 5.92. The highest BCUT2D eigenvalue weighted by molar-refractivity contribution is 6.30. The van der Waals surface area contributed by atoms with Crippen molar-refractivity contribution in [2.24, 2.45) is 5.92 Å². The molecule has 2 aromatic carbocycles. The zero-order valence-corrected chi connectivity index (χ0v) is 17.9. The number of hydrogen-bond donors (Lipinski definition) is 2. The number of ether oxygens (including phenoxy) is 1. The monoisotopic (exact) mass is 430 g/mol. The van der Waals surface area contributed by atoms with E-state index < -0.39 is 17.9 Å². The maximum Gasteiger partial charge on any atom is 0.329 e. The molecule has 0 aliphatic rings. The van der Waals surface area contributed by atoms with E-state index in [1.165, 1.54) is 0 Å². The maximum atomic E-state index is 12.5. The van der Waals surface area contributed by atoms with Gasteiger partial charge >= 0.3 is 5.97 Å². The summed E-state index contributed by atoms with van der Waals surface area (Å²) in [4.78, 5) is 36.9. The van der Waals surface area contributed by atoms with Gasteiger partial charge in [-0.2, -0.15) is 0 Å². The van der Waals surface area contributed by atoms with Crippen LogP contribution in [0.2, 0.25) is 5.02 Å². The van der Waals surface area contributed by atoms with Crippen LogP contribution < -0.4 is 10.6 Å². The summed E-state index contributed by atoms with van der Waals surface area (Å²) >= 11 is 5.84. The van der Waals surface area contributed by atoms with E-state index in [1.807, 2.05) is 44.2 Å². The van der Waals surface area contributed by atoms with Gasteiger partial charge in [0.2, 0.25) is 0 Å².